The first-order valence-electron chi connectivity index (χ1n) is 7.51. The van der Waals surface area contributed by atoms with Gasteiger partial charge in [0.05, 0.1) is 11.7 Å². The molecule has 1 saturated carbocycles. The van der Waals surface area contributed by atoms with E-state index in [0.717, 1.165) is 32.1 Å². The first kappa shape index (κ1) is 17.2. The fourth-order valence-corrected chi connectivity index (χ4v) is 2.78. The van der Waals surface area contributed by atoms with Gasteiger partial charge in [-0.05, 0) is 51.4 Å². The Labute approximate surface area is 122 Å². The van der Waals surface area contributed by atoms with Crippen LogP contribution in [0.5, 0.6) is 0 Å². The number of carbonyl (C=O) groups excluding carboxylic acids is 1. The number of hydrogen-bond donors (Lipinski definition) is 3. The van der Waals surface area contributed by atoms with E-state index >= 15 is 0 Å². The summed E-state index contributed by atoms with van der Waals surface area (Å²) in [4.78, 5) is 10.6. The predicted molar refractivity (Wildman–Crippen MR) is 80.2 cm³/mol. The summed E-state index contributed by atoms with van der Waals surface area (Å²) in [5, 5.41) is 23.3. The number of nitrogens with one attached hydrogen (secondary N) is 1. The van der Waals surface area contributed by atoms with Gasteiger partial charge in [-0.3, -0.25) is 4.79 Å². The Morgan fingerprint density at radius 2 is 1.90 bits per heavy atom. The molecule has 20 heavy (non-hydrogen) atoms. The lowest BCUT2D eigenvalue weighted by atomic mass is 9.71. The van der Waals surface area contributed by atoms with Crippen molar-refractivity contribution in [3.63, 3.8) is 0 Å². The number of amides is 1. The SMILES string of the molecule is CC(C)C(O)C=CC(C)(O)C1CCC(C)(NC=O)CC1. The van der Waals surface area contributed by atoms with Crippen molar-refractivity contribution in [2.24, 2.45) is 11.8 Å². The molecule has 3 N–H and O–H groups in total. The fourth-order valence-electron chi connectivity index (χ4n) is 2.78. The number of aliphatic hydroxyl groups excluding tert-OH is 1. The molecule has 0 radical (unpaired) electrons. The van der Waals surface area contributed by atoms with Crippen molar-refractivity contribution >= 4 is 6.41 Å². The number of aliphatic hydroxyl groups is 2. The summed E-state index contributed by atoms with van der Waals surface area (Å²) in [6.07, 6.45) is 7.14. The van der Waals surface area contributed by atoms with E-state index in [9.17, 15) is 15.0 Å². The monoisotopic (exact) mass is 283 g/mol. The number of hydrogen-bond acceptors (Lipinski definition) is 3. The van der Waals surface area contributed by atoms with Crippen LogP contribution in [0.25, 0.3) is 0 Å². The van der Waals surface area contributed by atoms with E-state index in [2.05, 4.69) is 5.32 Å². The second-order valence-electron chi connectivity index (χ2n) is 6.92. The minimum absolute atomic E-state index is 0.143. The fraction of sp³-hybridized carbons (Fsp3) is 0.812. The molecule has 4 heteroatoms. The molecule has 1 fully saturated rings. The summed E-state index contributed by atoms with van der Waals surface area (Å²) < 4.78 is 0. The Kier molecular flexibility index (Phi) is 5.78. The molecule has 0 aromatic rings. The molecule has 0 saturated heterocycles. The van der Waals surface area contributed by atoms with Gasteiger partial charge >= 0.3 is 0 Å². The molecule has 2 unspecified atom stereocenters. The molecule has 0 aromatic carbocycles. The number of rotatable bonds is 6. The van der Waals surface area contributed by atoms with Crippen LogP contribution in [0.3, 0.4) is 0 Å². The zero-order valence-electron chi connectivity index (χ0n) is 13.1. The minimum atomic E-state index is -0.904. The highest BCUT2D eigenvalue weighted by Crippen LogP contribution is 2.38. The Morgan fingerprint density at radius 1 is 1.35 bits per heavy atom. The van der Waals surface area contributed by atoms with E-state index in [-0.39, 0.29) is 17.4 Å². The molecule has 1 aliphatic carbocycles. The second kappa shape index (κ2) is 6.72. The van der Waals surface area contributed by atoms with Gasteiger partial charge in [0.15, 0.2) is 0 Å². The molecule has 1 aliphatic rings. The average Bonchev–Trinajstić information content (AvgIpc) is 2.36. The lowest BCUT2D eigenvalue weighted by Crippen LogP contribution is -2.47. The van der Waals surface area contributed by atoms with Crippen LogP contribution in [0.4, 0.5) is 0 Å². The maximum Gasteiger partial charge on any atom is 0.207 e. The standard InChI is InChI=1S/C16H29NO3/c1-12(2)14(19)7-10-16(4,20)13-5-8-15(3,9-6-13)17-11-18/h7,10-14,19-20H,5-6,8-9H2,1-4H3,(H,17,18). The van der Waals surface area contributed by atoms with Crippen molar-refractivity contribution in [3.05, 3.63) is 12.2 Å². The molecule has 2 atom stereocenters. The molecule has 0 spiro atoms. The first-order chi connectivity index (χ1) is 9.20. The van der Waals surface area contributed by atoms with Gasteiger partial charge in [-0.1, -0.05) is 26.0 Å². The van der Waals surface area contributed by atoms with Crippen LogP contribution in [0.2, 0.25) is 0 Å². The van der Waals surface area contributed by atoms with E-state index in [1.54, 1.807) is 19.1 Å². The normalized spacial score (nSPS) is 32.0. The third-order valence-electron chi connectivity index (χ3n) is 4.64. The molecule has 116 valence electrons. The Hall–Kier alpha value is -0.870. The molecular formula is C16H29NO3. The number of carbonyl (C=O) groups is 1. The van der Waals surface area contributed by atoms with Crippen LogP contribution in [-0.4, -0.2) is 33.9 Å². The zero-order valence-corrected chi connectivity index (χ0v) is 13.1. The third-order valence-corrected chi connectivity index (χ3v) is 4.64. The maximum absolute atomic E-state index is 10.6. The van der Waals surface area contributed by atoms with Crippen molar-refractivity contribution in [3.8, 4) is 0 Å². The van der Waals surface area contributed by atoms with Crippen molar-refractivity contribution in [2.45, 2.75) is 70.6 Å². The summed E-state index contributed by atoms with van der Waals surface area (Å²) in [5.41, 5.74) is -1.05. The van der Waals surface area contributed by atoms with Gasteiger partial charge in [0, 0.05) is 5.54 Å². The Balaban J connectivity index is 2.60. The van der Waals surface area contributed by atoms with Crippen molar-refractivity contribution in [1.29, 1.82) is 0 Å². The van der Waals surface area contributed by atoms with Gasteiger partial charge < -0.3 is 15.5 Å². The minimum Gasteiger partial charge on any atom is -0.389 e. The van der Waals surface area contributed by atoms with Gasteiger partial charge in [-0.15, -0.1) is 0 Å². The molecule has 0 heterocycles. The Morgan fingerprint density at radius 3 is 2.35 bits per heavy atom. The molecule has 1 rings (SSSR count). The lowest BCUT2D eigenvalue weighted by Gasteiger charge is -2.41. The summed E-state index contributed by atoms with van der Waals surface area (Å²) in [5.74, 6) is 0.313. The third kappa shape index (κ3) is 4.60. The summed E-state index contributed by atoms with van der Waals surface area (Å²) in [6.45, 7) is 7.74. The molecule has 4 nitrogen and oxygen atoms in total. The van der Waals surface area contributed by atoms with Crippen molar-refractivity contribution in [2.75, 3.05) is 0 Å². The quantitative estimate of drug-likeness (QED) is 0.516. The van der Waals surface area contributed by atoms with Crippen LogP contribution in [0.1, 0.15) is 53.4 Å². The van der Waals surface area contributed by atoms with E-state index in [4.69, 9.17) is 0 Å². The van der Waals surface area contributed by atoms with Gasteiger partial charge in [0.1, 0.15) is 0 Å². The van der Waals surface area contributed by atoms with Crippen molar-refractivity contribution in [1.82, 2.24) is 5.32 Å². The van der Waals surface area contributed by atoms with E-state index in [1.165, 1.54) is 0 Å². The lowest BCUT2D eigenvalue weighted by molar-refractivity contribution is -0.111. The average molecular weight is 283 g/mol. The van der Waals surface area contributed by atoms with Gasteiger partial charge in [0.25, 0.3) is 0 Å². The highest BCUT2D eigenvalue weighted by molar-refractivity contribution is 5.47. The first-order valence-corrected chi connectivity index (χ1v) is 7.51. The molecule has 0 aliphatic heterocycles. The maximum atomic E-state index is 10.6. The molecular weight excluding hydrogens is 254 g/mol. The molecule has 1 amide bonds. The van der Waals surface area contributed by atoms with Crippen molar-refractivity contribution < 1.29 is 15.0 Å². The van der Waals surface area contributed by atoms with Gasteiger partial charge in [-0.25, -0.2) is 0 Å². The van der Waals surface area contributed by atoms with Gasteiger partial charge in [0.2, 0.25) is 6.41 Å². The van der Waals surface area contributed by atoms with Gasteiger partial charge in [-0.2, -0.15) is 0 Å². The van der Waals surface area contributed by atoms with Crippen LogP contribution < -0.4 is 5.32 Å². The largest absolute Gasteiger partial charge is 0.389 e. The predicted octanol–water partition coefficient (Wildman–Crippen LogP) is 2.01. The van der Waals surface area contributed by atoms with E-state index < -0.39 is 11.7 Å². The summed E-state index contributed by atoms with van der Waals surface area (Å²) in [7, 11) is 0. The van der Waals surface area contributed by atoms with E-state index in [0.29, 0.717) is 0 Å². The molecule has 0 aromatic heterocycles. The zero-order chi connectivity index (χ0) is 15.4. The van der Waals surface area contributed by atoms with Crippen LogP contribution in [0, 0.1) is 11.8 Å². The van der Waals surface area contributed by atoms with Crippen LogP contribution in [0.15, 0.2) is 12.2 Å². The van der Waals surface area contributed by atoms with E-state index in [1.807, 2.05) is 20.8 Å². The smallest absolute Gasteiger partial charge is 0.207 e. The second-order valence-corrected chi connectivity index (χ2v) is 6.92. The van der Waals surface area contributed by atoms with Crippen LogP contribution in [-0.2, 0) is 4.79 Å². The Bertz CT molecular complexity index is 342. The highest BCUT2D eigenvalue weighted by Gasteiger charge is 2.37. The summed E-state index contributed by atoms with van der Waals surface area (Å²) in [6, 6.07) is 0. The summed E-state index contributed by atoms with van der Waals surface area (Å²) >= 11 is 0. The highest BCUT2D eigenvalue weighted by atomic mass is 16.3. The molecule has 0 bridgehead atoms. The van der Waals surface area contributed by atoms with Crippen LogP contribution >= 0.6 is 0 Å². The topological polar surface area (TPSA) is 69.6 Å².